The molecule has 3 fully saturated rings. The molecule has 6 atom stereocenters. The number of amides is 6. The van der Waals surface area contributed by atoms with Crippen LogP contribution in [0.5, 0.6) is 0 Å². The van der Waals surface area contributed by atoms with Crippen molar-refractivity contribution < 1.29 is 38.6 Å². The number of carboxylic acids is 1. The van der Waals surface area contributed by atoms with Crippen molar-refractivity contribution in [3.05, 3.63) is 48.0 Å². The van der Waals surface area contributed by atoms with Crippen LogP contribution in [0, 0.1) is 17.3 Å². The maximum atomic E-state index is 14.1. The summed E-state index contributed by atoms with van der Waals surface area (Å²) in [7, 11) is 1.52. The third-order valence-electron chi connectivity index (χ3n) is 10.9. The van der Waals surface area contributed by atoms with E-state index in [2.05, 4.69) is 27.8 Å². The van der Waals surface area contributed by atoms with E-state index in [0.29, 0.717) is 19.5 Å². The van der Waals surface area contributed by atoms with Gasteiger partial charge in [0, 0.05) is 32.5 Å². The number of benzene rings is 1. The van der Waals surface area contributed by atoms with E-state index < -0.39 is 71.0 Å². The first-order valence-electron chi connectivity index (χ1n) is 18.0. The number of carbonyl (C=O) groups is 6. The molecule has 0 aromatic heterocycles. The van der Waals surface area contributed by atoms with Crippen LogP contribution in [0.25, 0.3) is 0 Å². The SMILES string of the molecule is C=CC1CC1(NC(=O)N1C[C@@H](OC(=O)N2CCc3ccccc3C2)C[C@@H]1C(=O)N[C@H](C(=O)N[C@H](C(=O)NC)C1CCCCC1)C(C)(C)C)C(=O)O. The number of ether oxygens (including phenoxy) is 1. The van der Waals surface area contributed by atoms with Gasteiger partial charge in [-0.1, -0.05) is 70.4 Å². The van der Waals surface area contributed by atoms with Crippen molar-refractivity contribution in [3.63, 3.8) is 0 Å². The number of nitrogens with one attached hydrogen (secondary N) is 4. The molecule has 1 saturated heterocycles. The summed E-state index contributed by atoms with van der Waals surface area (Å²) >= 11 is 0. The smallest absolute Gasteiger partial charge is 0.410 e. The van der Waals surface area contributed by atoms with E-state index in [9.17, 15) is 33.9 Å². The number of urea groups is 1. The van der Waals surface area contributed by atoms with Crippen LogP contribution in [0.1, 0.15) is 76.8 Å². The van der Waals surface area contributed by atoms with E-state index in [4.69, 9.17) is 4.74 Å². The van der Waals surface area contributed by atoms with Gasteiger partial charge in [-0.2, -0.15) is 0 Å². The van der Waals surface area contributed by atoms with Gasteiger partial charge in [0.05, 0.1) is 6.54 Å². The van der Waals surface area contributed by atoms with Gasteiger partial charge in [-0.25, -0.2) is 14.4 Å². The van der Waals surface area contributed by atoms with Gasteiger partial charge in [-0.05, 0) is 48.1 Å². The van der Waals surface area contributed by atoms with Gasteiger partial charge in [0.25, 0.3) is 0 Å². The fraction of sp³-hybridized carbons (Fsp3) is 0.622. The average Bonchev–Trinajstić information content (AvgIpc) is 3.67. The highest BCUT2D eigenvalue weighted by Crippen LogP contribution is 2.45. The van der Waals surface area contributed by atoms with Crippen LogP contribution >= 0.6 is 0 Å². The molecule has 2 heterocycles. The Kier molecular flexibility index (Phi) is 11.3. The first-order chi connectivity index (χ1) is 24.2. The predicted molar refractivity (Wildman–Crippen MR) is 187 cm³/mol. The molecule has 4 aliphatic rings. The van der Waals surface area contributed by atoms with E-state index >= 15 is 0 Å². The van der Waals surface area contributed by atoms with Gasteiger partial charge < -0.3 is 40.9 Å². The lowest BCUT2D eigenvalue weighted by molar-refractivity contribution is -0.140. The van der Waals surface area contributed by atoms with Crippen LogP contribution in [-0.4, -0.2) is 101 Å². The highest BCUT2D eigenvalue weighted by Gasteiger charge is 2.61. The Morgan fingerprint density at radius 3 is 2.31 bits per heavy atom. The molecule has 2 unspecified atom stereocenters. The Bertz CT molecular complexity index is 1540. The highest BCUT2D eigenvalue weighted by atomic mass is 16.6. The molecule has 5 N–H and O–H groups in total. The quantitative estimate of drug-likeness (QED) is 0.230. The minimum atomic E-state index is -1.56. The zero-order valence-electron chi connectivity index (χ0n) is 30.0. The Balaban J connectivity index is 1.33. The second-order valence-corrected chi connectivity index (χ2v) is 15.4. The number of fused-ring (bicyclic) bond motifs is 1. The number of hydrogen-bond acceptors (Lipinski definition) is 7. The van der Waals surface area contributed by atoms with Crippen molar-refractivity contribution in [2.24, 2.45) is 17.3 Å². The van der Waals surface area contributed by atoms with Crippen molar-refractivity contribution in [1.82, 2.24) is 31.1 Å². The maximum absolute atomic E-state index is 14.1. The molecule has 6 amide bonds. The average molecular weight is 709 g/mol. The molecule has 5 rings (SSSR count). The second kappa shape index (κ2) is 15.3. The number of carboxylic acid groups (broad SMARTS) is 1. The lowest BCUT2D eigenvalue weighted by Crippen LogP contribution is -2.61. The van der Waals surface area contributed by atoms with Gasteiger partial charge in [0.2, 0.25) is 17.7 Å². The maximum Gasteiger partial charge on any atom is 0.410 e. The molecule has 2 saturated carbocycles. The molecule has 14 nitrogen and oxygen atoms in total. The fourth-order valence-electron chi connectivity index (χ4n) is 7.67. The number of carbonyl (C=O) groups excluding carboxylic acids is 5. The molecule has 0 radical (unpaired) electrons. The van der Waals surface area contributed by atoms with E-state index in [1.165, 1.54) is 18.0 Å². The minimum Gasteiger partial charge on any atom is -0.479 e. The molecule has 51 heavy (non-hydrogen) atoms. The van der Waals surface area contributed by atoms with Crippen molar-refractivity contribution in [3.8, 4) is 0 Å². The molecule has 0 spiro atoms. The zero-order chi connectivity index (χ0) is 37.1. The van der Waals surface area contributed by atoms with Gasteiger partial charge >= 0.3 is 18.1 Å². The molecule has 2 aliphatic carbocycles. The summed E-state index contributed by atoms with van der Waals surface area (Å²) in [5, 5.41) is 20.9. The summed E-state index contributed by atoms with van der Waals surface area (Å²) in [5.41, 5.74) is -0.193. The Morgan fingerprint density at radius 2 is 1.71 bits per heavy atom. The summed E-state index contributed by atoms with van der Waals surface area (Å²) in [4.78, 5) is 83.0. The lowest BCUT2D eigenvalue weighted by atomic mass is 9.82. The van der Waals surface area contributed by atoms with Crippen LogP contribution in [-0.2, 0) is 36.9 Å². The second-order valence-electron chi connectivity index (χ2n) is 15.4. The number of likely N-dealkylation sites (N-methyl/N-ethyl adjacent to an activating group) is 1. The Hall–Kier alpha value is -4.62. The number of rotatable bonds is 10. The van der Waals surface area contributed by atoms with E-state index in [1.807, 2.05) is 24.3 Å². The summed E-state index contributed by atoms with van der Waals surface area (Å²) in [6.07, 6.45) is 5.34. The number of nitrogens with zero attached hydrogens (tertiary/aromatic N) is 2. The van der Waals surface area contributed by atoms with E-state index in [-0.39, 0.29) is 31.2 Å². The number of likely N-dealkylation sites (tertiary alicyclic amines) is 1. The van der Waals surface area contributed by atoms with Gasteiger partial charge in [0.15, 0.2) is 0 Å². The summed E-state index contributed by atoms with van der Waals surface area (Å²) < 4.78 is 5.87. The molecule has 1 aromatic rings. The first-order valence-corrected chi connectivity index (χ1v) is 18.0. The van der Waals surface area contributed by atoms with Gasteiger partial charge in [-0.3, -0.25) is 14.4 Å². The third-order valence-corrected chi connectivity index (χ3v) is 10.9. The monoisotopic (exact) mass is 708 g/mol. The largest absolute Gasteiger partial charge is 0.479 e. The summed E-state index contributed by atoms with van der Waals surface area (Å²) in [6, 6.07) is 3.97. The predicted octanol–water partition coefficient (Wildman–Crippen LogP) is 2.71. The van der Waals surface area contributed by atoms with Crippen molar-refractivity contribution >= 4 is 35.8 Å². The summed E-state index contributed by atoms with van der Waals surface area (Å²) in [6.45, 7) is 9.67. The molecule has 0 bridgehead atoms. The topological polar surface area (TPSA) is 186 Å². The van der Waals surface area contributed by atoms with Crippen molar-refractivity contribution in [1.29, 1.82) is 0 Å². The lowest BCUT2D eigenvalue weighted by Gasteiger charge is -2.35. The fourth-order valence-corrected chi connectivity index (χ4v) is 7.67. The van der Waals surface area contributed by atoms with Crippen LogP contribution in [0.3, 0.4) is 0 Å². The molecular formula is C37H52N6O8. The molecule has 278 valence electrons. The third kappa shape index (κ3) is 8.31. The normalized spacial score (nSPS) is 25.8. The van der Waals surface area contributed by atoms with Gasteiger partial charge in [-0.15, -0.1) is 6.58 Å². The highest BCUT2D eigenvalue weighted by molar-refractivity contribution is 5.96. The van der Waals surface area contributed by atoms with Gasteiger partial charge in [0.1, 0.15) is 29.8 Å². The Labute approximate surface area is 299 Å². The molecule has 1 aromatic carbocycles. The van der Waals surface area contributed by atoms with Crippen LogP contribution in [0.4, 0.5) is 9.59 Å². The first kappa shape index (κ1) is 37.6. The molecular weight excluding hydrogens is 656 g/mol. The van der Waals surface area contributed by atoms with Crippen LogP contribution < -0.4 is 21.3 Å². The van der Waals surface area contributed by atoms with Crippen LogP contribution in [0.15, 0.2) is 36.9 Å². The standard InChI is InChI=1S/C37H52N6O8/c1-6-25-19-37(25,33(47)48)41-34(49)43-21-26(51-35(50)42-17-16-22-12-10-11-15-24(22)20-42)18-27(43)30(44)40-29(36(2,3)4)32(46)39-28(31(45)38-5)23-13-8-7-9-14-23/h6,10-12,15,23,25-29H,1,7-9,13-14,16-21H2,2-5H3,(H,38,45)(H,39,46)(H,40,44)(H,41,49)(H,47,48)/t25?,26-,27+,28-,29+,37?/m0/s1. The van der Waals surface area contributed by atoms with Crippen molar-refractivity contribution in [2.45, 2.75) is 108 Å². The number of aliphatic carboxylic acids is 1. The van der Waals surface area contributed by atoms with Crippen LogP contribution in [0.2, 0.25) is 0 Å². The zero-order valence-corrected chi connectivity index (χ0v) is 30.0. The van der Waals surface area contributed by atoms with Crippen molar-refractivity contribution in [2.75, 3.05) is 20.1 Å². The summed E-state index contributed by atoms with van der Waals surface area (Å²) in [5.74, 6) is -3.26. The van der Waals surface area contributed by atoms with E-state index in [1.54, 1.807) is 25.7 Å². The minimum absolute atomic E-state index is 0.0415. The number of hydrogen-bond donors (Lipinski definition) is 5. The Morgan fingerprint density at radius 1 is 1.02 bits per heavy atom. The van der Waals surface area contributed by atoms with E-state index in [0.717, 1.165) is 43.2 Å². The molecule has 2 aliphatic heterocycles. The molecule has 14 heteroatoms.